The van der Waals surface area contributed by atoms with Gasteiger partial charge in [-0.05, 0) is 23.8 Å². The third-order valence-corrected chi connectivity index (χ3v) is 1.58. The number of rotatable bonds is 4. The van der Waals surface area contributed by atoms with Crippen LogP contribution in [-0.2, 0) is 9.68 Å². The third kappa shape index (κ3) is 3.32. The van der Waals surface area contributed by atoms with Gasteiger partial charge >= 0.3 is 5.97 Å². The Labute approximate surface area is 86.1 Å². The monoisotopic (exact) mass is 210 g/mol. The van der Waals surface area contributed by atoms with Crippen LogP contribution in [0.4, 0.5) is 0 Å². The minimum atomic E-state index is -1.04. The summed E-state index contributed by atoms with van der Waals surface area (Å²) in [6.45, 7) is 0. The van der Waals surface area contributed by atoms with Crippen molar-refractivity contribution in [2.24, 2.45) is 0 Å². The van der Waals surface area contributed by atoms with Gasteiger partial charge < -0.3 is 15.1 Å². The number of hydrogen-bond donors (Lipinski definition) is 2. The number of benzene rings is 1. The molecule has 0 amide bonds. The van der Waals surface area contributed by atoms with Crippen molar-refractivity contribution in [3.05, 3.63) is 29.8 Å². The predicted octanol–water partition coefficient (Wildman–Crippen LogP) is 1.43. The largest absolute Gasteiger partial charge is 0.504 e. The summed E-state index contributed by atoms with van der Waals surface area (Å²) in [6, 6.07) is 4.39. The highest BCUT2D eigenvalue weighted by molar-refractivity contribution is 5.85. The number of carboxylic acid groups (broad SMARTS) is 1. The predicted molar refractivity (Wildman–Crippen MR) is 52.4 cm³/mol. The van der Waals surface area contributed by atoms with Gasteiger partial charge in [0.2, 0.25) is 5.75 Å². The van der Waals surface area contributed by atoms with Crippen LogP contribution in [0.5, 0.6) is 11.5 Å². The normalized spacial score (nSPS) is 10.5. The highest BCUT2D eigenvalue weighted by Crippen LogP contribution is 2.27. The maximum Gasteiger partial charge on any atom is 0.328 e. The zero-order valence-electron chi connectivity index (χ0n) is 8.01. The molecule has 5 heteroatoms. The van der Waals surface area contributed by atoms with E-state index >= 15 is 0 Å². The van der Waals surface area contributed by atoms with Gasteiger partial charge in [-0.3, -0.25) is 0 Å². The lowest BCUT2D eigenvalue weighted by Crippen LogP contribution is -1.91. The SMILES string of the molecule is COOc1cc(C=CC(=O)O)ccc1O. The fourth-order valence-corrected chi connectivity index (χ4v) is 0.958. The summed E-state index contributed by atoms with van der Waals surface area (Å²) in [7, 11) is 1.30. The highest BCUT2D eigenvalue weighted by atomic mass is 17.2. The minimum absolute atomic E-state index is 0.0793. The Morgan fingerprint density at radius 3 is 2.80 bits per heavy atom. The Balaban J connectivity index is 2.91. The van der Waals surface area contributed by atoms with Gasteiger partial charge in [-0.1, -0.05) is 6.07 Å². The molecule has 5 nitrogen and oxygen atoms in total. The Morgan fingerprint density at radius 2 is 2.20 bits per heavy atom. The second kappa shape index (κ2) is 5.02. The average Bonchev–Trinajstić information content (AvgIpc) is 2.19. The fourth-order valence-electron chi connectivity index (χ4n) is 0.958. The molecular weight excluding hydrogens is 200 g/mol. The lowest BCUT2D eigenvalue weighted by atomic mass is 10.2. The molecule has 0 radical (unpaired) electrons. The number of hydrogen-bond acceptors (Lipinski definition) is 4. The van der Waals surface area contributed by atoms with Crippen molar-refractivity contribution in [2.75, 3.05) is 7.11 Å². The van der Waals surface area contributed by atoms with Crippen molar-refractivity contribution in [3.8, 4) is 11.5 Å². The molecule has 0 fully saturated rings. The smallest absolute Gasteiger partial charge is 0.328 e. The van der Waals surface area contributed by atoms with Crippen LogP contribution in [0.3, 0.4) is 0 Å². The summed E-state index contributed by atoms with van der Waals surface area (Å²) in [5, 5.41) is 17.7. The number of aromatic hydroxyl groups is 1. The minimum Gasteiger partial charge on any atom is -0.504 e. The highest BCUT2D eigenvalue weighted by Gasteiger charge is 2.03. The van der Waals surface area contributed by atoms with Gasteiger partial charge in [0.05, 0.1) is 7.11 Å². The maximum atomic E-state index is 10.3. The molecule has 0 saturated carbocycles. The molecular formula is C10H10O5. The van der Waals surface area contributed by atoms with Crippen LogP contribution in [0.25, 0.3) is 6.08 Å². The van der Waals surface area contributed by atoms with E-state index in [4.69, 9.17) is 5.11 Å². The first-order chi connectivity index (χ1) is 7.13. The van der Waals surface area contributed by atoms with Crippen LogP contribution < -0.4 is 4.89 Å². The van der Waals surface area contributed by atoms with Crippen molar-refractivity contribution in [2.45, 2.75) is 0 Å². The van der Waals surface area contributed by atoms with E-state index in [1.165, 1.54) is 25.3 Å². The van der Waals surface area contributed by atoms with Crippen LogP contribution >= 0.6 is 0 Å². The zero-order valence-corrected chi connectivity index (χ0v) is 8.01. The van der Waals surface area contributed by atoms with E-state index in [1.54, 1.807) is 6.07 Å². The molecule has 2 N–H and O–H groups in total. The topological polar surface area (TPSA) is 76.0 Å². The number of phenols is 1. The maximum absolute atomic E-state index is 10.3. The van der Waals surface area contributed by atoms with Gasteiger partial charge in [-0.2, -0.15) is 4.89 Å². The lowest BCUT2D eigenvalue weighted by molar-refractivity contribution is -0.179. The number of carbonyl (C=O) groups is 1. The molecule has 0 aliphatic heterocycles. The number of aliphatic carboxylic acids is 1. The van der Waals surface area contributed by atoms with Gasteiger partial charge in [-0.15, -0.1) is 0 Å². The van der Waals surface area contributed by atoms with Crippen molar-refractivity contribution < 1.29 is 24.8 Å². The lowest BCUT2D eigenvalue weighted by Gasteiger charge is -2.03. The van der Waals surface area contributed by atoms with E-state index in [0.717, 1.165) is 6.08 Å². The molecule has 1 aromatic carbocycles. The van der Waals surface area contributed by atoms with Crippen LogP contribution in [0, 0.1) is 0 Å². The summed E-state index contributed by atoms with van der Waals surface area (Å²) in [6.07, 6.45) is 2.37. The Bertz CT molecular complexity index is 383. The van der Waals surface area contributed by atoms with Crippen molar-refractivity contribution in [3.63, 3.8) is 0 Å². The quantitative estimate of drug-likeness (QED) is 0.446. The zero-order chi connectivity index (χ0) is 11.3. The molecule has 0 aliphatic carbocycles. The standard InChI is InChI=1S/C10H10O5/c1-14-15-9-6-7(2-4-8(9)11)3-5-10(12)13/h2-6,11H,1H3,(H,12,13). The van der Waals surface area contributed by atoms with Gasteiger partial charge in [0.25, 0.3) is 0 Å². The van der Waals surface area contributed by atoms with Crippen LogP contribution in [0.15, 0.2) is 24.3 Å². The first-order valence-electron chi connectivity index (χ1n) is 4.08. The number of phenolic OH excluding ortho intramolecular Hbond substituents is 1. The number of carboxylic acids is 1. The Hall–Kier alpha value is -2.01. The molecule has 0 heterocycles. The molecule has 0 bridgehead atoms. The van der Waals surface area contributed by atoms with Crippen molar-refractivity contribution in [1.29, 1.82) is 0 Å². The Morgan fingerprint density at radius 1 is 1.47 bits per heavy atom. The van der Waals surface area contributed by atoms with E-state index in [2.05, 4.69) is 9.78 Å². The summed E-state index contributed by atoms with van der Waals surface area (Å²) < 4.78 is 0. The molecule has 15 heavy (non-hydrogen) atoms. The summed E-state index contributed by atoms with van der Waals surface area (Å²) >= 11 is 0. The van der Waals surface area contributed by atoms with E-state index in [0.29, 0.717) is 5.56 Å². The first-order valence-corrected chi connectivity index (χ1v) is 4.08. The second-order valence-electron chi connectivity index (χ2n) is 2.65. The molecule has 0 atom stereocenters. The van der Waals surface area contributed by atoms with Gasteiger partial charge in [0, 0.05) is 6.08 Å². The average molecular weight is 210 g/mol. The van der Waals surface area contributed by atoms with Crippen LogP contribution in [-0.4, -0.2) is 23.3 Å². The summed E-state index contributed by atoms with van der Waals surface area (Å²) in [5.74, 6) is -0.994. The fraction of sp³-hybridized carbons (Fsp3) is 0.100. The van der Waals surface area contributed by atoms with Gasteiger partial charge in [0.15, 0.2) is 5.75 Å². The molecule has 80 valence electrons. The molecule has 0 saturated heterocycles. The summed E-state index contributed by atoms with van der Waals surface area (Å²) in [5.41, 5.74) is 0.585. The first kappa shape index (κ1) is 11.1. The van der Waals surface area contributed by atoms with E-state index in [9.17, 15) is 9.90 Å². The van der Waals surface area contributed by atoms with Gasteiger partial charge in [0.1, 0.15) is 0 Å². The third-order valence-electron chi connectivity index (χ3n) is 1.58. The molecule has 0 aliphatic rings. The molecule has 1 rings (SSSR count). The van der Waals surface area contributed by atoms with E-state index in [-0.39, 0.29) is 11.5 Å². The molecule has 1 aromatic rings. The molecule has 0 aromatic heterocycles. The molecule has 0 spiro atoms. The van der Waals surface area contributed by atoms with Gasteiger partial charge in [-0.25, -0.2) is 4.79 Å². The van der Waals surface area contributed by atoms with Crippen LogP contribution in [0.1, 0.15) is 5.56 Å². The van der Waals surface area contributed by atoms with Crippen molar-refractivity contribution in [1.82, 2.24) is 0 Å². The van der Waals surface area contributed by atoms with E-state index < -0.39 is 5.97 Å². The van der Waals surface area contributed by atoms with E-state index in [1.807, 2.05) is 0 Å². The Kier molecular flexibility index (Phi) is 3.70. The van der Waals surface area contributed by atoms with Crippen molar-refractivity contribution >= 4 is 12.0 Å². The van der Waals surface area contributed by atoms with Crippen LogP contribution in [0.2, 0.25) is 0 Å². The summed E-state index contributed by atoms with van der Waals surface area (Å²) in [4.78, 5) is 19.3. The second-order valence-corrected chi connectivity index (χ2v) is 2.65. The molecule has 0 unspecified atom stereocenters.